The van der Waals surface area contributed by atoms with Crippen LogP contribution in [-0.2, 0) is 14.8 Å². The standard InChI is InChI=1S/C15H24F2N2O4S/c16-15(17)5-11(6-15)9-24(22,23)18-12-3-13(4-12)19(8-14(20)21)7-10-1-2-10/h10-13,18H,1-9H2,(H,20,21). The maximum absolute atomic E-state index is 12.8. The molecule has 0 bridgehead atoms. The third-order valence-electron chi connectivity index (χ3n) is 5.13. The first-order valence-electron chi connectivity index (χ1n) is 8.45. The molecule has 6 nitrogen and oxygen atoms in total. The highest BCUT2D eigenvalue weighted by Crippen LogP contribution is 2.43. The van der Waals surface area contributed by atoms with E-state index in [4.69, 9.17) is 5.11 Å². The molecule has 24 heavy (non-hydrogen) atoms. The van der Waals surface area contributed by atoms with Crippen LogP contribution in [0.3, 0.4) is 0 Å². The number of nitrogens with zero attached hydrogens (tertiary/aromatic N) is 1. The average molecular weight is 366 g/mol. The summed E-state index contributed by atoms with van der Waals surface area (Å²) in [4.78, 5) is 12.9. The van der Waals surface area contributed by atoms with Crippen molar-refractivity contribution in [2.24, 2.45) is 11.8 Å². The third-order valence-corrected chi connectivity index (χ3v) is 6.74. The van der Waals surface area contributed by atoms with E-state index in [0.29, 0.717) is 18.8 Å². The highest BCUT2D eigenvalue weighted by atomic mass is 32.2. The second-order valence-corrected chi connectivity index (χ2v) is 9.42. The van der Waals surface area contributed by atoms with Gasteiger partial charge in [0.25, 0.3) is 0 Å². The summed E-state index contributed by atoms with van der Waals surface area (Å²) < 4.78 is 52.2. The normalized spacial score (nSPS) is 30.0. The number of alkyl halides is 2. The van der Waals surface area contributed by atoms with E-state index in [9.17, 15) is 22.0 Å². The lowest BCUT2D eigenvalue weighted by molar-refractivity contribution is -0.139. The largest absolute Gasteiger partial charge is 0.480 e. The minimum atomic E-state index is -3.55. The number of carboxylic acids is 1. The third kappa shape index (κ3) is 4.86. The molecule has 3 aliphatic carbocycles. The van der Waals surface area contributed by atoms with Crippen molar-refractivity contribution in [2.75, 3.05) is 18.8 Å². The van der Waals surface area contributed by atoms with Crippen LogP contribution < -0.4 is 4.72 Å². The molecule has 0 aromatic carbocycles. The molecule has 0 aromatic rings. The van der Waals surface area contributed by atoms with Gasteiger partial charge in [-0.05, 0) is 37.5 Å². The number of rotatable bonds is 9. The fourth-order valence-electron chi connectivity index (χ4n) is 3.65. The Kier molecular flexibility index (Phi) is 4.87. The quantitative estimate of drug-likeness (QED) is 0.642. The first-order chi connectivity index (χ1) is 11.1. The van der Waals surface area contributed by atoms with Gasteiger partial charge < -0.3 is 5.11 Å². The van der Waals surface area contributed by atoms with E-state index in [1.54, 1.807) is 0 Å². The molecule has 0 amide bonds. The Morgan fingerprint density at radius 3 is 2.33 bits per heavy atom. The molecule has 2 N–H and O–H groups in total. The molecule has 138 valence electrons. The van der Waals surface area contributed by atoms with Gasteiger partial charge >= 0.3 is 5.97 Å². The summed E-state index contributed by atoms with van der Waals surface area (Å²) in [5.41, 5.74) is 0. The summed E-state index contributed by atoms with van der Waals surface area (Å²) in [5.74, 6) is -3.72. The lowest BCUT2D eigenvalue weighted by Gasteiger charge is -2.43. The summed E-state index contributed by atoms with van der Waals surface area (Å²) in [6, 6.07) is -0.126. The van der Waals surface area contributed by atoms with Crippen molar-refractivity contribution in [3.05, 3.63) is 0 Å². The molecule has 0 aliphatic heterocycles. The Morgan fingerprint density at radius 2 is 1.83 bits per heavy atom. The molecular weight excluding hydrogens is 342 g/mol. The summed E-state index contributed by atoms with van der Waals surface area (Å²) in [7, 11) is -3.55. The molecule has 0 atom stereocenters. The number of nitrogens with one attached hydrogen (secondary N) is 1. The lowest BCUT2D eigenvalue weighted by atomic mass is 9.83. The van der Waals surface area contributed by atoms with Crippen LogP contribution >= 0.6 is 0 Å². The van der Waals surface area contributed by atoms with Gasteiger partial charge in [0.05, 0.1) is 12.3 Å². The topological polar surface area (TPSA) is 86.7 Å². The predicted octanol–water partition coefficient (Wildman–Crippen LogP) is 1.28. The number of hydrogen-bond acceptors (Lipinski definition) is 4. The van der Waals surface area contributed by atoms with Crippen LogP contribution in [0.5, 0.6) is 0 Å². The lowest BCUT2D eigenvalue weighted by Crippen LogP contribution is -2.56. The van der Waals surface area contributed by atoms with Gasteiger partial charge in [-0.15, -0.1) is 0 Å². The van der Waals surface area contributed by atoms with Crippen molar-refractivity contribution in [3.63, 3.8) is 0 Å². The number of sulfonamides is 1. The minimum absolute atomic E-state index is 0.0161. The molecule has 3 fully saturated rings. The highest BCUT2D eigenvalue weighted by molar-refractivity contribution is 7.89. The van der Waals surface area contributed by atoms with E-state index < -0.39 is 27.8 Å². The molecule has 0 saturated heterocycles. The van der Waals surface area contributed by atoms with Crippen molar-refractivity contribution in [1.29, 1.82) is 0 Å². The first-order valence-corrected chi connectivity index (χ1v) is 10.1. The molecule has 0 radical (unpaired) electrons. The van der Waals surface area contributed by atoms with Crippen molar-refractivity contribution in [3.8, 4) is 0 Å². The summed E-state index contributed by atoms with van der Waals surface area (Å²) in [5, 5.41) is 9.00. The van der Waals surface area contributed by atoms with E-state index in [2.05, 4.69) is 4.72 Å². The van der Waals surface area contributed by atoms with Gasteiger partial charge in [-0.25, -0.2) is 21.9 Å². The van der Waals surface area contributed by atoms with Gasteiger partial charge in [0.15, 0.2) is 0 Å². The van der Waals surface area contributed by atoms with Crippen LogP contribution in [0, 0.1) is 11.8 Å². The molecule has 3 saturated carbocycles. The Bertz CT molecular complexity index is 580. The SMILES string of the molecule is O=C(O)CN(CC1CC1)C1CC(NS(=O)(=O)CC2CC(F)(F)C2)C1. The van der Waals surface area contributed by atoms with Crippen LogP contribution in [0.4, 0.5) is 8.78 Å². The number of halogens is 2. The first kappa shape index (κ1) is 18.0. The molecule has 3 aliphatic rings. The predicted molar refractivity (Wildman–Crippen MR) is 83.3 cm³/mol. The van der Waals surface area contributed by atoms with Gasteiger partial charge in [-0.1, -0.05) is 0 Å². The van der Waals surface area contributed by atoms with E-state index in [-0.39, 0.29) is 37.2 Å². The van der Waals surface area contributed by atoms with Crippen molar-refractivity contribution >= 4 is 16.0 Å². The second-order valence-electron chi connectivity index (χ2n) is 7.62. The number of carbonyl (C=O) groups is 1. The van der Waals surface area contributed by atoms with Crippen LogP contribution in [-0.4, -0.2) is 61.2 Å². The molecule has 0 aromatic heterocycles. The Morgan fingerprint density at radius 1 is 1.21 bits per heavy atom. The van der Waals surface area contributed by atoms with Gasteiger partial charge in [0.1, 0.15) is 0 Å². The zero-order valence-corrected chi connectivity index (χ0v) is 14.3. The van der Waals surface area contributed by atoms with Gasteiger partial charge in [0, 0.05) is 31.5 Å². The maximum atomic E-state index is 12.8. The maximum Gasteiger partial charge on any atom is 0.317 e. The van der Waals surface area contributed by atoms with E-state index in [1.807, 2.05) is 4.90 Å². The Labute approximate surface area is 140 Å². The van der Waals surface area contributed by atoms with Crippen LogP contribution in [0.25, 0.3) is 0 Å². The summed E-state index contributed by atoms with van der Waals surface area (Å²) >= 11 is 0. The van der Waals surface area contributed by atoms with Crippen molar-refractivity contribution < 1.29 is 27.1 Å². The molecule has 0 spiro atoms. The Hall–Kier alpha value is -0.800. The number of aliphatic carboxylic acids is 1. The summed E-state index contributed by atoms with van der Waals surface area (Å²) in [6.45, 7) is 0.741. The van der Waals surface area contributed by atoms with E-state index in [1.165, 1.54) is 0 Å². The fraction of sp³-hybridized carbons (Fsp3) is 0.933. The van der Waals surface area contributed by atoms with Crippen LogP contribution in [0.15, 0.2) is 0 Å². The fourth-order valence-corrected chi connectivity index (χ4v) is 5.30. The van der Waals surface area contributed by atoms with E-state index >= 15 is 0 Å². The molecular formula is C15H24F2N2O4S. The Balaban J connectivity index is 1.42. The van der Waals surface area contributed by atoms with E-state index in [0.717, 1.165) is 19.4 Å². The number of hydrogen-bond donors (Lipinski definition) is 2. The average Bonchev–Trinajstić information content (AvgIpc) is 3.13. The van der Waals surface area contributed by atoms with Crippen molar-refractivity contribution in [1.82, 2.24) is 9.62 Å². The van der Waals surface area contributed by atoms with Crippen LogP contribution in [0.1, 0.15) is 38.5 Å². The van der Waals surface area contributed by atoms with Gasteiger partial charge in [-0.3, -0.25) is 9.69 Å². The smallest absolute Gasteiger partial charge is 0.317 e. The zero-order valence-electron chi connectivity index (χ0n) is 13.5. The second kappa shape index (κ2) is 6.49. The molecule has 3 rings (SSSR count). The summed E-state index contributed by atoms with van der Waals surface area (Å²) in [6.07, 6.45) is 2.72. The highest BCUT2D eigenvalue weighted by Gasteiger charge is 2.47. The molecule has 9 heteroatoms. The minimum Gasteiger partial charge on any atom is -0.480 e. The molecule has 0 unspecified atom stereocenters. The van der Waals surface area contributed by atoms with Crippen LogP contribution in [0.2, 0.25) is 0 Å². The molecule has 0 heterocycles. The zero-order chi connectivity index (χ0) is 17.5. The van der Waals surface area contributed by atoms with Gasteiger partial charge in [-0.2, -0.15) is 0 Å². The number of carboxylic acid groups (broad SMARTS) is 1. The monoisotopic (exact) mass is 366 g/mol. The van der Waals surface area contributed by atoms with Gasteiger partial charge in [0.2, 0.25) is 15.9 Å². The van der Waals surface area contributed by atoms with Crippen molar-refractivity contribution in [2.45, 2.75) is 56.5 Å².